The van der Waals surface area contributed by atoms with Crippen LogP contribution in [0.2, 0.25) is 0 Å². The van der Waals surface area contributed by atoms with E-state index in [0.717, 1.165) is 24.8 Å². The minimum absolute atomic E-state index is 0.439. The van der Waals surface area contributed by atoms with Crippen LogP contribution in [-0.2, 0) is 4.79 Å². The summed E-state index contributed by atoms with van der Waals surface area (Å²) in [5.74, 6) is 1.70. The second-order valence-corrected chi connectivity index (χ2v) is 6.00. The van der Waals surface area contributed by atoms with Crippen molar-refractivity contribution in [2.45, 2.75) is 56.6 Å². The molecule has 0 amide bonds. The summed E-state index contributed by atoms with van der Waals surface area (Å²) in [6.45, 7) is 0. The average Bonchev–Trinajstić information content (AvgIpc) is 2.31. The molecule has 0 N–H and O–H groups in total. The van der Waals surface area contributed by atoms with Gasteiger partial charge in [-0.15, -0.1) is 0 Å². The molecule has 1 unspecified atom stereocenters. The predicted octanol–water partition coefficient (Wildman–Crippen LogP) is 3.73. The van der Waals surface area contributed by atoms with E-state index < -0.39 is 0 Å². The van der Waals surface area contributed by atoms with Crippen LogP contribution in [-0.4, -0.2) is 16.8 Å². The van der Waals surface area contributed by atoms with Crippen molar-refractivity contribution in [1.29, 1.82) is 0 Å². The van der Waals surface area contributed by atoms with Crippen LogP contribution in [0.15, 0.2) is 11.6 Å². The van der Waals surface area contributed by atoms with Gasteiger partial charge in [0, 0.05) is 11.7 Å². The van der Waals surface area contributed by atoms with Gasteiger partial charge in [0.15, 0.2) is 5.78 Å². The van der Waals surface area contributed by atoms with Gasteiger partial charge in [0.05, 0.1) is 0 Å². The molecule has 0 spiro atoms. The van der Waals surface area contributed by atoms with Gasteiger partial charge in [-0.05, 0) is 49.9 Å². The number of thioether (sulfide) groups is 1. The summed E-state index contributed by atoms with van der Waals surface area (Å²) in [7, 11) is 0. The largest absolute Gasteiger partial charge is 0.295 e. The van der Waals surface area contributed by atoms with Crippen LogP contribution in [0.25, 0.3) is 0 Å². The number of carbonyl (C=O) groups excluding carboxylic acids is 1. The van der Waals surface area contributed by atoms with Crippen molar-refractivity contribution in [3.05, 3.63) is 11.6 Å². The Labute approximate surface area is 96.7 Å². The van der Waals surface area contributed by atoms with E-state index in [0.29, 0.717) is 11.0 Å². The lowest BCUT2D eigenvalue weighted by Crippen LogP contribution is -2.16. The zero-order valence-electron chi connectivity index (χ0n) is 9.34. The van der Waals surface area contributed by atoms with Crippen LogP contribution in [0.4, 0.5) is 0 Å². The molecule has 1 aliphatic heterocycles. The van der Waals surface area contributed by atoms with E-state index >= 15 is 0 Å². The quantitative estimate of drug-likeness (QED) is 0.726. The van der Waals surface area contributed by atoms with Crippen molar-refractivity contribution in [1.82, 2.24) is 0 Å². The Morgan fingerprint density at radius 3 is 2.93 bits per heavy atom. The molecule has 2 heteroatoms. The van der Waals surface area contributed by atoms with Crippen molar-refractivity contribution in [2.75, 3.05) is 5.75 Å². The number of hydrogen-bond acceptors (Lipinski definition) is 2. The molecule has 0 aromatic carbocycles. The van der Waals surface area contributed by atoms with E-state index in [1.165, 1.54) is 37.9 Å². The van der Waals surface area contributed by atoms with Crippen molar-refractivity contribution in [3.8, 4) is 0 Å². The highest BCUT2D eigenvalue weighted by Crippen LogP contribution is 2.29. The Hall–Kier alpha value is -0.240. The summed E-state index contributed by atoms with van der Waals surface area (Å²) in [5, 5.41) is 0.620. The Kier molecular flexibility index (Phi) is 4.30. The number of ketones is 1. The second kappa shape index (κ2) is 5.74. The number of hydrogen-bond donors (Lipinski definition) is 0. The molecular weight excluding hydrogens is 204 g/mol. The topological polar surface area (TPSA) is 17.1 Å². The Morgan fingerprint density at radius 2 is 2.27 bits per heavy atom. The molecule has 0 aromatic heterocycles. The summed E-state index contributed by atoms with van der Waals surface area (Å²) >= 11 is 2.01. The lowest BCUT2D eigenvalue weighted by atomic mass is 9.94. The van der Waals surface area contributed by atoms with E-state index in [4.69, 9.17) is 0 Å². The molecule has 1 heterocycles. The molecule has 0 bridgehead atoms. The number of carbonyl (C=O) groups is 1. The molecule has 15 heavy (non-hydrogen) atoms. The maximum Gasteiger partial charge on any atom is 0.159 e. The summed E-state index contributed by atoms with van der Waals surface area (Å²) in [5.41, 5.74) is 1.13. The first kappa shape index (κ1) is 11.3. The third-order valence-electron chi connectivity index (χ3n) is 3.34. The molecule has 1 saturated heterocycles. The van der Waals surface area contributed by atoms with E-state index in [-0.39, 0.29) is 0 Å². The van der Waals surface area contributed by atoms with Gasteiger partial charge in [0.25, 0.3) is 0 Å². The van der Waals surface area contributed by atoms with Crippen LogP contribution in [0.3, 0.4) is 0 Å². The monoisotopic (exact) mass is 224 g/mol. The highest BCUT2D eigenvalue weighted by molar-refractivity contribution is 7.99. The first-order chi connectivity index (χ1) is 7.36. The lowest BCUT2D eigenvalue weighted by Gasteiger charge is -2.21. The smallest absolute Gasteiger partial charge is 0.159 e. The summed E-state index contributed by atoms with van der Waals surface area (Å²) in [4.78, 5) is 12.0. The van der Waals surface area contributed by atoms with Gasteiger partial charge in [-0.2, -0.15) is 11.8 Å². The maximum absolute atomic E-state index is 12.0. The average molecular weight is 224 g/mol. The van der Waals surface area contributed by atoms with Crippen LogP contribution in [0.1, 0.15) is 51.4 Å². The highest BCUT2D eigenvalue weighted by Gasteiger charge is 2.20. The molecule has 2 rings (SSSR count). The third kappa shape index (κ3) is 3.37. The van der Waals surface area contributed by atoms with Crippen LogP contribution in [0.5, 0.6) is 0 Å². The van der Waals surface area contributed by atoms with E-state index in [1.807, 2.05) is 11.8 Å². The van der Waals surface area contributed by atoms with Crippen molar-refractivity contribution < 1.29 is 4.79 Å². The third-order valence-corrected chi connectivity index (χ3v) is 4.73. The van der Waals surface area contributed by atoms with E-state index in [9.17, 15) is 4.79 Å². The van der Waals surface area contributed by atoms with Crippen molar-refractivity contribution in [3.63, 3.8) is 0 Å². The Balaban J connectivity index is 1.82. The Bertz CT molecular complexity index is 251. The number of rotatable bonds is 3. The van der Waals surface area contributed by atoms with Crippen LogP contribution < -0.4 is 0 Å². The minimum Gasteiger partial charge on any atom is -0.295 e. The molecule has 1 aliphatic carbocycles. The zero-order valence-corrected chi connectivity index (χ0v) is 10.2. The molecule has 1 fully saturated rings. The number of allylic oxidation sites excluding steroid dienone is 2. The second-order valence-electron chi connectivity index (χ2n) is 4.59. The molecule has 1 atom stereocenters. The highest BCUT2D eigenvalue weighted by atomic mass is 32.2. The van der Waals surface area contributed by atoms with Crippen LogP contribution >= 0.6 is 11.8 Å². The summed E-state index contributed by atoms with van der Waals surface area (Å²) in [6, 6.07) is 0. The fourth-order valence-corrected chi connectivity index (χ4v) is 3.70. The summed E-state index contributed by atoms with van der Waals surface area (Å²) < 4.78 is 0. The predicted molar refractivity (Wildman–Crippen MR) is 66.3 cm³/mol. The van der Waals surface area contributed by atoms with Gasteiger partial charge in [-0.25, -0.2) is 0 Å². The fraction of sp³-hybridized carbons (Fsp3) is 0.769. The SMILES string of the molecule is O=C(CC1CCCCS1)C1=CCCCC1. The molecular formula is C13H20OS. The van der Waals surface area contributed by atoms with E-state index in [2.05, 4.69) is 6.08 Å². The van der Waals surface area contributed by atoms with Gasteiger partial charge < -0.3 is 0 Å². The fourth-order valence-electron chi connectivity index (χ4n) is 2.40. The first-order valence-corrected chi connectivity index (χ1v) is 7.25. The Morgan fingerprint density at radius 1 is 1.33 bits per heavy atom. The van der Waals surface area contributed by atoms with Gasteiger partial charge in [-0.3, -0.25) is 4.79 Å². The standard InChI is InChI=1S/C13H20OS/c14-13(11-6-2-1-3-7-11)10-12-8-4-5-9-15-12/h6,12H,1-5,7-10H2. The van der Waals surface area contributed by atoms with E-state index in [1.54, 1.807) is 0 Å². The van der Waals surface area contributed by atoms with Gasteiger partial charge in [0.2, 0.25) is 0 Å². The van der Waals surface area contributed by atoms with Gasteiger partial charge in [0.1, 0.15) is 0 Å². The molecule has 1 nitrogen and oxygen atoms in total. The minimum atomic E-state index is 0.439. The van der Waals surface area contributed by atoms with Gasteiger partial charge in [-0.1, -0.05) is 12.5 Å². The van der Waals surface area contributed by atoms with Gasteiger partial charge >= 0.3 is 0 Å². The normalized spacial score (nSPS) is 27.2. The first-order valence-electron chi connectivity index (χ1n) is 6.20. The molecule has 0 aromatic rings. The molecule has 0 radical (unpaired) electrons. The molecule has 2 aliphatic rings. The number of Topliss-reactive ketones (excluding diaryl/α,β-unsaturated/α-hetero) is 1. The zero-order chi connectivity index (χ0) is 10.5. The van der Waals surface area contributed by atoms with Crippen molar-refractivity contribution >= 4 is 17.5 Å². The lowest BCUT2D eigenvalue weighted by molar-refractivity contribution is -0.115. The molecule has 0 saturated carbocycles. The maximum atomic E-state index is 12.0. The van der Waals surface area contributed by atoms with Crippen molar-refractivity contribution in [2.24, 2.45) is 0 Å². The summed E-state index contributed by atoms with van der Waals surface area (Å²) in [6.07, 6.45) is 11.6. The molecule has 84 valence electrons. The van der Waals surface area contributed by atoms with Crippen LogP contribution in [0, 0.1) is 0 Å².